The Morgan fingerprint density at radius 3 is 1.97 bits per heavy atom. The number of halogens is 3. The number of allylic oxidation sites excluding steroid dienone is 4. The van der Waals surface area contributed by atoms with Crippen LogP contribution in [-0.2, 0) is 6.54 Å². The van der Waals surface area contributed by atoms with Gasteiger partial charge >= 0.3 is 6.18 Å². The second-order valence-corrected chi connectivity index (χ2v) is 9.78. The molecule has 39 heavy (non-hydrogen) atoms. The van der Waals surface area contributed by atoms with Gasteiger partial charge in [0.15, 0.2) is 0 Å². The Labute approximate surface area is 236 Å². The van der Waals surface area contributed by atoms with E-state index in [0.29, 0.717) is 0 Å². The lowest BCUT2D eigenvalue weighted by Gasteiger charge is -2.26. The van der Waals surface area contributed by atoms with Gasteiger partial charge in [0.2, 0.25) is 0 Å². The Morgan fingerprint density at radius 1 is 1.03 bits per heavy atom. The van der Waals surface area contributed by atoms with Crippen molar-refractivity contribution in [3.8, 4) is 5.75 Å². The lowest BCUT2D eigenvalue weighted by Crippen LogP contribution is -2.29. The van der Waals surface area contributed by atoms with E-state index < -0.39 is 12.6 Å². The first-order valence-electron chi connectivity index (χ1n) is 13.2. The average Bonchev–Trinajstić information content (AvgIpc) is 2.84. The van der Waals surface area contributed by atoms with Gasteiger partial charge in [-0.25, -0.2) is 0 Å². The molecule has 0 amide bonds. The maximum Gasteiger partial charge on any atom is 0.392 e. The Bertz CT molecular complexity index is 927. The largest absolute Gasteiger partial charge is 0.484 e. The molecule has 0 atom stereocenters. The Kier molecular flexibility index (Phi) is 19.6. The Balaban J connectivity index is 0. The quantitative estimate of drug-likeness (QED) is 0.170. The molecule has 3 nitrogen and oxygen atoms in total. The summed E-state index contributed by atoms with van der Waals surface area (Å²) < 4.78 is 39.0. The van der Waals surface area contributed by atoms with E-state index in [2.05, 4.69) is 81.7 Å². The fraction of sp³-hybridized carbons (Fsp3) is 0.455. The van der Waals surface area contributed by atoms with Gasteiger partial charge in [0.1, 0.15) is 11.4 Å². The van der Waals surface area contributed by atoms with E-state index >= 15 is 0 Å². The number of hydrogen-bond acceptors (Lipinski definition) is 3. The minimum atomic E-state index is -4.07. The van der Waals surface area contributed by atoms with Gasteiger partial charge in [-0.05, 0) is 56.9 Å². The predicted molar refractivity (Wildman–Crippen MR) is 164 cm³/mol. The van der Waals surface area contributed by atoms with E-state index in [9.17, 15) is 13.2 Å². The van der Waals surface area contributed by atoms with Crippen LogP contribution in [0.15, 0.2) is 92.7 Å². The molecule has 0 aliphatic carbocycles. The highest BCUT2D eigenvalue weighted by atomic mass is 19.4. The van der Waals surface area contributed by atoms with Crippen molar-refractivity contribution in [2.75, 3.05) is 27.2 Å². The van der Waals surface area contributed by atoms with Crippen molar-refractivity contribution < 1.29 is 17.9 Å². The summed E-state index contributed by atoms with van der Waals surface area (Å²) in [6.07, 6.45) is 5.97. The first-order chi connectivity index (χ1) is 18.1. The third-order valence-electron chi connectivity index (χ3n) is 5.45. The third kappa shape index (κ3) is 19.7. The van der Waals surface area contributed by atoms with E-state index in [4.69, 9.17) is 4.74 Å². The standard InChI is InChI=1S/C21H32N2O.C8H14.C4H5F3/c1-9-13-23(15-18(4)22(7)8)16-19-11-12-20(17(3)14-19)24-21(5,6)10-2;1-4-7-8(5-2)6-3;1-2-3-4(5,6)7/h9-12,14H,1-2,4,13,15-16H2,3,5-8H3;5,7H,2,4,6H2,1,3H3;2H,1,3H2/b;8-7-;. The fourth-order valence-electron chi connectivity index (χ4n) is 3.07. The van der Waals surface area contributed by atoms with E-state index in [1.165, 1.54) is 11.1 Å². The summed E-state index contributed by atoms with van der Waals surface area (Å²) >= 11 is 0. The molecule has 0 radical (unpaired) electrons. The molecule has 0 bridgehead atoms. The van der Waals surface area contributed by atoms with Crippen LogP contribution in [0.4, 0.5) is 13.2 Å². The SMILES string of the molecule is C=C/C(=C/CC)CC.C=CCC(F)(F)F.C=CCN(CC(=C)N(C)C)Cc1ccc(OC(C)(C)C=C)c(C)c1. The Morgan fingerprint density at radius 2 is 1.64 bits per heavy atom. The molecule has 0 spiro atoms. The minimum Gasteiger partial charge on any atom is -0.484 e. The van der Waals surface area contributed by atoms with Crippen molar-refractivity contribution >= 4 is 0 Å². The van der Waals surface area contributed by atoms with Crippen LogP contribution in [0, 0.1) is 6.92 Å². The number of likely N-dealkylation sites (N-methyl/N-ethyl adjacent to an activating group) is 1. The molecule has 1 aromatic carbocycles. The molecule has 1 aromatic rings. The number of alkyl halides is 3. The van der Waals surface area contributed by atoms with Crippen molar-refractivity contribution in [2.24, 2.45) is 0 Å². The van der Waals surface area contributed by atoms with Gasteiger partial charge in [-0.2, -0.15) is 13.2 Å². The molecule has 220 valence electrons. The summed E-state index contributed by atoms with van der Waals surface area (Å²) in [5.41, 5.74) is 4.45. The van der Waals surface area contributed by atoms with Crippen molar-refractivity contribution in [1.82, 2.24) is 9.80 Å². The highest BCUT2D eigenvalue weighted by Gasteiger charge is 2.23. The number of nitrogens with zero attached hydrogens (tertiary/aromatic N) is 2. The van der Waals surface area contributed by atoms with Crippen LogP contribution in [0.3, 0.4) is 0 Å². The topological polar surface area (TPSA) is 15.7 Å². The van der Waals surface area contributed by atoms with Crippen molar-refractivity contribution in [3.05, 3.63) is 104 Å². The number of aryl methyl sites for hydroxylation is 1. The summed E-state index contributed by atoms with van der Waals surface area (Å²) in [6, 6.07) is 6.35. The van der Waals surface area contributed by atoms with Crippen LogP contribution < -0.4 is 4.74 Å². The molecule has 0 N–H and O–H groups in total. The van der Waals surface area contributed by atoms with Gasteiger partial charge < -0.3 is 9.64 Å². The lowest BCUT2D eigenvalue weighted by molar-refractivity contribution is -0.124. The van der Waals surface area contributed by atoms with Gasteiger partial charge in [0, 0.05) is 39.4 Å². The molecular weight excluding hydrogens is 497 g/mol. The normalized spacial score (nSPS) is 11.3. The first-order valence-corrected chi connectivity index (χ1v) is 13.2. The molecule has 0 aliphatic rings. The third-order valence-corrected chi connectivity index (χ3v) is 5.45. The average molecular weight is 549 g/mol. The van der Waals surface area contributed by atoms with E-state index in [1.807, 2.05) is 52.2 Å². The van der Waals surface area contributed by atoms with Gasteiger partial charge in [-0.15, -0.1) is 13.2 Å². The summed E-state index contributed by atoms with van der Waals surface area (Å²) in [5, 5.41) is 0. The van der Waals surface area contributed by atoms with Crippen LogP contribution in [0.25, 0.3) is 0 Å². The lowest BCUT2D eigenvalue weighted by atomic mass is 10.1. The Hall–Kier alpha value is -2.99. The van der Waals surface area contributed by atoms with Crippen LogP contribution in [0.5, 0.6) is 5.75 Å². The second kappa shape index (κ2) is 20.0. The van der Waals surface area contributed by atoms with E-state index in [0.717, 1.165) is 55.6 Å². The highest BCUT2D eigenvalue weighted by molar-refractivity contribution is 5.37. The molecule has 6 heteroatoms. The van der Waals surface area contributed by atoms with Crippen molar-refractivity contribution in [1.29, 1.82) is 0 Å². The fourth-order valence-corrected chi connectivity index (χ4v) is 3.07. The molecule has 0 aliphatic heterocycles. The number of benzene rings is 1. The molecule has 1 rings (SSSR count). The van der Waals surface area contributed by atoms with Crippen molar-refractivity contribution in [2.45, 2.75) is 72.2 Å². The van der Waals surface area contributed by atoms with Crippen LogP contribution in [-0.4, -0.2) is 48.8 Å². The zero-order valence-electron chi connectivity index (χ0n) is 25.3. The smallest absolute Gasteiger partial charge is 0.392 e. The highest BCUT2D eigenvalue weighted by Crippen LogP contribution is 2.25. The van der Waals surface area contributed by atoms with E-state index in [-0.39, 0.29) is 5.60 Å². The summed E-state index contributed by atoms with van der Waals surface area (Å²) in [7, 11) is 4.04. The minimum absolute atomic E-state index is 0.370. The zero-order valence-corrected chi connectivity index (χ0v) is 25.3. The maximum absolute atomic E-state index is 11.0. The molecule has 0 unspecified atom stereocenters. The number of rotatable bonds is 14. The van der Waals surface area contributed by atoms with Crippen LogP contribution in [0.1, 0.15) is 58.1 Å². The van der Waals surface area contributed by atoms with Crippen LogP contribution >= 0.6 is 0 Å². The molecule has 0 aromatic heterocycles. The first kappa shape index (κ1) is 38.2. The summed E-state index contributed by atoms with van der Waals surface area (Å²) in [4.78, 5) is 4.37. The molecular formula is C33H51F3N2O. The predicted octanol–water partition coefficient (Wildman–Crippen LogP) is 9.45. The number of hydrogen-bond donors (Lipinski definition) is 0. The van der Waals surface area contributed by atoms with E-state index in [1.54, 1.807) is 0 Å². The second-order valence-electron chi connectivity index (χ2n) is 9.78. The van der Waals surface area contributed by atoms with Gasteiger partial charge in [-0.1, -0.05) is 75.6 Å². The maximum atomic E-state index is 11.0. The summed E-state index contributed by atoms with van der Waals surface area (Å²) in [6.45, 7) is 31.3. The number of ether oxygens (including phenoxy) is 1. The molecule has 0 heterocycles. The van der Waals surface area contributed by atoms with Crippen LogP contribution in [0.2, 0.25) is 0 Å². The molecule has 0 saturated heterocycles. The molecule has 0 saturated carbocycles. The molecule has 0 fully saturated rings. The van der Waals surface area contributed by atoms with Gasteiger partial charge in [0.05, 0.1) is 6.42 Å². The summed E-state index contributed by atoms with van der Waals surface area (Å²) in [5.74, 6) is 0.900. The zero-order chi connectivity index (χ0) is 30.6. The van der Waals surface area contributed by atoms with Crippen molar-refractivity contribution in [3.63, 3.8) is 0 Å². The van der Waals surface area contributed by atoms with Gasteiger partial charge in [-0.3, -0.25) is 4.90 Å². The monoisotopic (exact) mass is 548 g/mol. The van der Waals surface area contributed by atoms with Gasteiger partial charge in [0.25, 0.3) is 0 Å².